The fourth-order valence-corrected chi connectivity index (χ4v) is 2.50. The van der Waals surface area contributed by atoms with E-state index in [0.717, 1.165) is 18.4 Å². The molecule has 0 aromatic heterocycles. The summed E-state index contributed by atoms with van der Waals surface area (Å²) in [6.45, 7) is 2.14. The quantitative estimate of drug-likeness (QED) is 0.685. The van der Waals surface area contributed by atoms with E-state index in [1.54, 1.807) is 0 Å². The van der Waals surface area contributed by atoms with Crippen LogP contribution in [0, 0.1) is 5.92 Å². The Hall–Kier alpha value is -0.730. The lowest BCUT2D eigenvalue weighted by atomic mass is 9.76. The van der Waals surface area contributed by atoms with Gasteiger partial charge in [-0.25, -0.2) is 0 Å². The zero-order chi connectivity index (χ0) is 8.89. The number of hydrogen-bond donors (Lipinski definition) is 1. The van der Waals surface area contributed by atoms with Crippen molar-refractivity contribution in [2.45, 2.75) is 37.6 Å². The van der Waals surface area contributed by atoms with Gasteiger partial charge < -0.3 is 10.6 Å². The highest BCUT2D eigenvalue weighted by atomic mass is 15.4. The topological polar surface area (TPSA) is 41.6 Å². The number of nitrogens with two attached hydrogens (primary N) is 1. The molecule has 1 spiro atoms. The molecule has 0 saturated heterocycles. The van der Waals surface area contributed by atoms with E-state index in [9.17, 15) is 0 Å². The Labute approximate surface area is 79.0 Å². The minimum Gasteiger partial charge on any atom is -0.370 e. The predicted molar refractivity (Wildman–Crippen MR) is 52.5 cm³/mol. The number of nitrogens with zero attached hydrogens (tertiary/aromatic N) is 2. The van der Waals surface area contributed by atoms with Gasteiger partial charge >= 0.3 is 0 Å². The van der Waals surface area contributed by atoms with Crippen molar-refractivity contribution in [3.8, 4) is 0 Å². The van der Waals surface area contributed by atoms with Crippen molar-refractivity contribution in [1.82, 2.24) is 4.90 Å². The zero-order valence-electron chi connectivity index (χ0n) is 8.00. The molecule has 1 heterocycles. The van der Waals surface area contributed by atoms with Crippen molar-refractivity contribution in [1.29, 1.82) is 0 Å². The Morgan fingerprint density at radius 1 is 1.46 bits per heavy atom. The van der Waals surface area contributed by atoms with Crippen molar-refractivity contribution >= 4 is 5.96 Å². The second kappa shape index (κ2) is 2.40. The molecule has 3 rings (SSSR count). The Bertz CT molecular complexity index is 251. The summed E-state index contributed by atoms with van der Waals surface area (Å²) < 4.78 is 0. The molecule has 3 heteroatoms. The van der Waals surface area contributed by atoms with E-state index < -0.39 is 0 Å². The normalized spacial score (nSPS) is 30.5. The lowest BCUT2D eigenvalue weighted by molar-refractivity contribution is 0.0973. The van der Waals surface area contributed by atoms with E-state index in [0.29, 0.717) is 5.54 Å². The highest BCUT2D eigenvalue weighted by Gasteiger charge is 2.47. The number of guanidine groups is 1. The van der Waals surface area contributed by atoms with Gasteiger partial charge in [-0.05, 0) is 38.0 Å². The van der Waals surface area contributed by atoms with Crippen LogP contribution in [0.15, 0.2) is 4.99 Å². The van der Waals surface area contributed by atoms with E-state index in [4.69, 9.17) is 5.73 Å². The highest BCUT2D eigenvalue weighted by Crippen LogP contribution is 2.43. The summed E-state index contributed by atoms with van der Waals surface area (Å²) >= 11 is 0. The van der Waals surface area contributed by atoms with E-state index in [1.807, 2.05) is 0 Å². The predicted octanol–water partition coefficient (Wildman–Crippen LogP) is 0.949. The summed E-state index contributed by atoms with van der Waals surface area (Å²) in [6, 6.07) is 0. The van der Waals surface area contributed by atoms with Crippen LogP contribution in [0.25, 0.3) is 0 Å². The van der Waals surface area contributed by atoms with Crippen molar-refractivity contribution in [3.63, 3.8) is 0 Å². The van der Waals surface area contributed by atoms with Gasteiger partial charge in [0.15, 0.2) is 5.96 Å². The summed E-state index contributed by atoms with van der Waals surface area (Å²) in [5, 5.41) is 0. The molecule has 0 atom stereocenters. The second-order valence-corrected chi connectivity index (χ2v) is 4.81. The molecule has 13 heavy (non-hydrogen) atoms. The monoisotopic (exact) mass is 179 g/mol. The van der Waals surface area contributed by atoms with Crippen LogP contribution < -0.4 is 5.73 Å². The van der Waals surface area contributed by atoms with Crippen LogP contribution in [0.1, 0.15) is 32.1 Å². The van der Waals surface area contributed by atoms with Crippen LogP contribution in [-0.4, -0.2) is 29.5 Å². The molecule has 0 aromatic carbocycles. The van der Waals surface area contributed by atoms with Gasteiger partial charge in [0.2, 0.25) is 0 Å². The van der Waals surface area contributed by atoms with Gasteiger partial charge in [-0.1, -0.05) is 0 Å². The van der Waals surface area contributed by atoms with Crippen LogP contribution in [0.3, 0.4) is 0 Å². The van der Waals surface area contributed by atoms with Crippen molar-refractivity contribution < 1.29 is 0 Å². The Kier molecular flexibility index (Phi) is 1.41. The first-order valence-corrected chi connectivity index (χ1v) is 5.38. The SMILES string of the molecule is NC1=NCC2(CCC2)N1CC1CC1. The molecule has 2 saturated carbocycles. The van der Waals surface area contributed by atoms with Crippen molar-refractivity contribution in [3.05, 3.63) is 0 Å². The van der Waals surface area contributed by atoms with Gasteiger partial charge in [0.1, 0.15) is 0 Å². The number of aliphatic imine (C=N–C) groups is 1. The molecule has 3 nitrogen and oxygen atoms in total. The average molecular weight is 179 g/mol. The zero-order valence-corrected chi connectivity index (χ0v) is 8.00. The Morgan fingerprint density at radius 2 is 2.23 bits per heavy atom. The van der Waals surface area contributed by atoms with Gasteiger partial charge in [0.25, 0.3) is 0 Å². The minimum atomic E-state index is 0.382. The second-order valence-electron chi connectivity index (χ2n) is 4.81. The third-order valence-electron chi connectivity index (χ3n) is 3.81. The van der Waals surface area contributed by atoms with Gasteiger partial charge in [-0.3, -0.25) is 4.99 Å². The largest absolute Gasteiger partial charge is 0.370 e. The van der Waals surface area contributed by atoms with E-state index in [2.05, 4.69) is 9.89 Å². The summed E-state index contributed by atoms with van der Waals surface area (Å²) in [4.78, 5) is 6.79. The molecule has 0 bridgehead atoms. The maximum Gasteiger partial charge on any atom is 0.191 e. The number of rotatable bonds is 2. The first-order valence-electron chi connectivity index (χ1n) is 5.38. The summed E-state index contributed by atoms with van der Waals surface area (Å²) in [5.41, 5.74) is 6.30. The Morgan fingerprint density at radius 3 is 2.77 bits per heavy atom. The molecular weight excluding hydrogens is 162 g/mol. The molecule has 2 aliphatic carbocycles. The van der Waals surface area contributed by atoms with Gasteiger partial charge in [-0.2, -0.15) is 0 Å². The first-order chi connectivity index (χ1) is 6.30. The maximum absolute atomic E-state index is 5.92. The summed E-state index contributed by atoms with van der Waals surface area (Å²) in [5.74, 6) is 1.73. The van der Waals surface area contributed by atoms with Gasteiger partial charge in [0.05, 0.1) is 12.1 Å². The van der Waals surface area contributed by atoms with Crippen LogP contribution in [0.5, 0.6) is 0 Å². The van der Waals surface area contributed by atoms with Crippen LogP contribution in [0.2, 0.25) is 0 Å². The Balaban J connectivity index is 1.75. The van der Waals surface area contributed by atoms with Crippen LogP contribution >= 0.6 is 0 Å². The van der Waals surface area contributed by atoms with Crippen molar-refractivity contribution in [2.24, 2.45) is 16.6 Å². The highest BCUT2D eigenvalue weighted by molar-refractivity contribution is 5.81. The molecule has 72 valence electrons. The van der Waals surface area contributed by atoms with E-state index >= 15 is 0 Å². The van der Waals surface area contributed by atoms with Gasteiger partial charge in [-0.15, -0.1) is 0 Å². The van der Waals surface area contributed by atoms with Crippen LogP contribution in [-0.2, 0) is 0 Å². The molecule has 0 aromatic rings. The third-order valence-corrected chi connectivity index (χ3v) is 3.81. The number of hydrogen-bond acceptors (Lipinski definition) is 3. The van der Waals surface area contributed by atoms with E-state index in [-0.39, 0.29) is 0 Å². The van der Waals surface area contributed by atoms with Crippen LogP contribution in [0.4, 0.5) is 0 Å². The molecule has 3 aliphatic rings. The fourth-order valence-electron chi connectivity index (χ4n) is 2.50. The summed E-state index contributed by atoms with van der Waals surface area (Å²) in [6.07, 6.45) is 6.79. The molecule has 2 fully saturated rings. The summed E-state index contributed by atoms with van der Waals surface area (Å²) in [7, 11) is 0. The fraction of sp³-hybridized carbons (Fsp3) is 0.900. The lowest BCUT2D eigenvalue weighted by Crippen LogP contribution is -2.56. The molecule has 1 aliphatic heterocycles. The first kappa shape index (κ1) is 7.65. The molecule has 0 radical (unpaired) electrons. The molecule has 0 unspecified atom stereocenters. The van der Waals surface area contributed by atoms with Gasteiger partial charge in [0, 0.05) is 6.54 Å². The minimum absolute atomic E-state index is 0.382. The average Bonchev–Trinajstić information content (AvgIpc) is 2.77. The smallest absolute Gasteiger partial charge is 0.191 e. The third kappa shape index (κ3) is 1.06. The maximum atomic E-state index is 5.92. The standard InChI is InChI=1S/C10H17N3/c11-9-12-7-10(4-1-5-10)13(9)6-8-2-3-8/h8H,1-7H2,(H2,11,12). The molecular formula is C10H17N3. The molecule has 0 amide bonds. The van der Waals surface area contributed by atoms with E-state index in [1.165, 1.54) is 38.6 Å². The van der Waals surface area contributed by atoms with Crippen molar-refractivity contribution in [2.75, 3.05) is 13.1 Å². The molecule has 2 N–H and O–H groups in total. The lowest BCUT2D eigenvalue weighted by Gasteiger charge is -2.46.